The molecule has 2 aromatic rings. The molecule has 0 aliphatic heterocycles. The van der Waals surface area contributed by atoms with Crippen molar-refractivity contribution in [3.63, 3.8) is 0 Å². The molecule has 2 amide bonds. The Morgan fingerprint density at radius 3 is 2.24 bits per heavy atom. The molecule has 1 atom stereocenters. The molecule has 0 radical (unpaired) electrons. The molecule has 0 heterocycles. The van der Waals surface area contributed by atoms with Crippen molar-refractivity contribution in [2.45, 2.75) is 20.4 Å². The lowest BCUT2D eigenvalue weighted by Crippen LogP contribution is -2.32. The number of hydrogen-bond donors (Lipinski definition) is 2. The quantitative estimate of drug-likeness (QED) is 0.271. The average molecular weight is 525 g/mol. The highest BCUT2D eigenvalue weighted by Gasteiger charge is 2.29. The summed E-state index contributed by atoms with van der Waals surface area (Å²) in [5.74, 6) is 0.373. The van der Waals surface area contributed by atoms with E-state index in [0.717, 1.165) is 29.1 Å². The molecular weight excluding hydrogens is 491 g/mol. The number of carbonyl (C=O) groups is 2. The van der Waals surface area contributed by atoms with Gasteiger partial charge in [-0.15, -0.1) is 0 Å². The van der Waals surface area contributed by atoms with Gasteiger partial charge in [0.15, 0.2) is 0 Å². The van der Waals surface area contributed by atoms with Gasteiger partial charge in [-0.3, -0.25) is 14.4 Å². The van der Waals surface area contributed by atoms with E-state index >= 15 is 0 Å². The van der Waals surface area contributed by atoms with E-state index in [9.17, 15) is 14.2 Å². The highest BCUT2D eigenvalue weighted by molar-refractivity contribution is 8.58. The maximum atomic E-state index is 13.7. The first-order valence-corrected chi connectivity index (χ1v) is 14.9. The number of hydrogen-bond acceptors (Lipinski definition) is 7. The number of carbonyl (C=O) groups excluding carboxylic acids is 2. The minimum absolute atomic E-state index is 0.224. The predicted molar refractivity (Wildman–Crippen MR) is 141 cm³/mol. The SMILES string of the molecule is CC(C)CSP(=O)(NSN(Cc1ccccc1)C(=O)OCCN(C)C)NC(=O)c1ccccc1. The topological polar surface area (TPSA) is 91.0 Å². The average Bonchev–Trinajstić information content (AvgIpc) is 2.81. The molecule has 0 bridgehead atoms. The first-order valence-electron chi connectivity index (χ1n) is 10.9. The molecule has 186 valence electrons. The third kappa shape index (κ3) is 10.5. The largest absolute Gasteiger partial charge is 0.447 e. The van der Waals surface area contributed by atoms with Crippen LogP contribution in [0.5, 0.6) is 0 Å². The summed E-state index contributed by atoms with van der Waals surface area (Å²) in [6, 6.07) is 18.1. The Morgan fingerprint density at radius 2 is 1.65 bits per heavy atom. The molecule has 0 spiro atoms. The first kappa shape index (κ1) is 28.3. The fourth-order valence-corrected chi connectivity index (χ4v) is 7.77. The van der Waals surface area contributed by atoms with Crippen molar-refractivity contribution in [3.8, 4) is 0 Å². The van der Waals surface area contributed by atoms with Gasteiger partial charge in [0.1, 0.15) is 6.61 Å². The molecule has 34 heavy (non-hydrogen) atoms. The van der Waals surface area contributed by atoms with Gasteiger partial charge in [-0.2, -0.15) is 4.49 Å². The second kappa shape index (κ2) is 14.4. The Bertz CT molecular complexity index is 949. The molecule has 0 aliphatic rings. The second-order valence-corrected chi connectivity index (χ2v) is 13.8. The van der Waals surface area contributed by atoms with E-state index in [1.807, 2.05) is 63.2 Å². The van der Waals surface area contributed by atoms with E-state index < -0.39 is 18.6 Å². The van der Waals surface area contributed by atoms with Crippen molar-refractivity contribution >= 4 is 42.2 Å². The highest BCUT2D eigenvalue weighted by Crippen LogP contribution is 2.53. The van der Waals surface area contributed by atoms with Gasteiger partial charge < -0.3 is 9.64 Å². The summed E-state index contributed by atoms with van der Waals surface area (Å²) in [6.45, 7) is 1.60. The van der Waals surface area contributed by atoms with Gasteiger partial charge in [-0.25, -0.2) is 9.10 Å². The summed E-state index contributed by atoms with van der Waals surface area (Å²) < 4.78 is 23.3. The van der Waals surface area contributed by atoms with E-state index in [1.54, 1.807) is 30.3 Å². The molecule has 2 aromatic carbocycles. The number of nitrogens with zero attached hydrogens (tertiary/aromatic N) is 2. The van der Waals surface area contributed by atoms with E-state index in [2.05, 4.69) is 9.58 Å². The molecule has 11 heteroatoms. The Morgan fingerprint density at radius 1 is 1.03 bits per heavy atom. The molecule has 2 rings (SSSR count). The summed E-state index contributed by atoms with van der Waals surface area (Å²) in [4.78, 5) is 27.4. The van der Waals surface area contributed by atoms with Crippen LogP contribution in [-0.4, -0.2) is 54.2 Å². The predicted octanol–water partition coefficient (Wildman–Crippen LogP) is 5.27. The lowest BCUT2D eigenvalue weighted by molar-refractivity contribution is 0.0981. The smallest absolute Gasteiger partial charge is 0.421 e. The number of rotatable bonds is 13. The second-order valence-electron chi connectivity index (χ2n) is 8.17. The standard InChI is InChI=1S/C23H33N4O4PS2/c1-19(2)18-33-32(30,24-22(28)21-13-9-6-10-14-21)25-34-27(17-20-11-7-5-8-12-20)23(29)31-16-15-26(3)4/h5-14,19H,15-18H2,1-4H3,(H2,24,25,28,30). The van der Waals surface area contributed by atoms with Crippen LogP contribution in [0, 0.1) is 5.92 Å². The molecule has 0 saturated carbocycles. The molecule has 0 saturated heterocycles. The molecule has 0 aromatic heterocycles. The lowest BCUT2D eigenvalue weighted by Gasteiger charge is -2.25. The van der Waals surface area contributed by atoms with Crippen molar-refractivity contribution < 1.29 is 18.9 Å². The summed E-state index contributed by atoms with van der Waals surface area (Å²) in [5, 5.41) is 2.64. The van der Waals surface area contributed by atoms with Gasteiger partial charge in [-0.1, -0.05) is 73.8 Å². The number of amides is 2. The van der Waals surface area contributed by atoms with Crippen molar-refractivity contribution in [1.82, 2.24) is 18.8 Å². The Balaban J connectivity index is 2.14. The van der Waals surface area contributed by atoms with Crippen LogP contribution in [0.2, 0.25) is 0 Å². The van der Waals surface area contributed by atoms with Crippen LogP contribution in [0.4, 0.5) is 4.79 Å². The number of likely N-dealkylation sites (N-methyl/N-ethyl adjacent to an activating group) is 1. The minimum Gasteiger partial charge on any atom is -0.447 e. The minimum atomic E-state index is -3.46. The zero-order valence-electron chi connectivity index (χ0n) is 20.0. The fraction of sp³-hybridized carbons (Fsp3) is 0.391. The fourth-order valence-electron chi connectivity index (χ4n) is 2.50. The van der Waals surface area contributed by atoms with Crippen molar-refractivity contribution in [1.29, 1.82) is 0 Å². The van der Waals surface area contributed by atoms with Crippen LogP contribution in [0.1, 0.15) is 29.8 Å². The van der Waals surface area contributed by atoms with Crippen LogP contribution < -0.4 is 9.58 Å². The van der Waals surface area contributed by atoms with Crippen molar-refractivity contribution in [3.05, 3.63) is 71.8 Å². The monoisotopic (exact) mass is 524 g/mol. The molecule has 0 fully saturated rings. The maximum absolute atomic E-state index is 13.7. The van der Waals surface area contributed by atoms with Gasteiger partial charge in [0.25, 0.3) is 5.91 Å². The van der Waals surface area contributed by atoms with E-state index in [4.69, 9.17) is 4.74 Å². The first-order chi connectivity index (χ1) is 16.2. The van der Waals surface area contributed by atoms with Crippen molar-refractivity contribution in [2.24, 2.45) is 5.92 Å². The van der Waals surface area contributed by atoms with Crippen LogP contribution in [0.25, 0.3) is 0 Å². The summed E-state index contributed by atoms with van der Waals surface area (Å²) in [7, 11) is 3.78. The van der Waals surface area contributed by atoms with Gasteiger partial charge in [0, 0.05) is 17.9 Å². The van der Waals surface area contributed by atoms with E-state index in [0.29, 0.717) is 17.9 Å². The van der Waals surface area contributed by atoms with Gasteiger partial charge in [0.2, 0.25) is 0 Å². The number of nitrogens with one attached hydrogen (secondary N) is 2. The Hall–Kier alpha value is -1.97. The lowest BCUT2D eigenvalue weighted by atomic mass is 10.2. The Labute approximate surface area is 210 Å². The molecule has 0 aliphatic carbocycles. The normalized spacial score (nSPS) is 12.9. The summed E-state index contributed by atoms with van der Waals surface area (Å²) >= 11 is 2.02. The molecule has 2 N–H and O–H groups in total. The van der Waals surface area contributed by atoms with Crippen LogP contribution >= 0.6 is 30.2 Å². The van der Waals surface area contributed by atoms with Crippen LogP contribution in [0.15, 0.2) is 60.7 Å². The highest BCUT2D eigenvalue weighted by atomic mass is 32.7. The number of ether oxygens (including phenoxy) is 1. The number of benzene rings is 2. The third-order valence-corrected chi connectivity index (χ3v) is 10.2. The zero-order chi connectivity index (χ0) is 25.0. The zero-order valence-corrected chi connectivity index (χ0v) is 22.5. The van der Waals surface area contributed by atoms with Gasteiger partial charge in [0.05, 0.1) is 18.7 Å². The van der Waals surface area contributed by atoms with E-state index in [1.165, 1.54) is 4.31 Å². The van der Waals surface area contributed by atoms with Crippen LogP contribution in [0.3, 0.4) is 0 Å². The summed E-state index contributed by atoms with van der Waals surface area (Å²) in [6.07, 6.45) is -0.557. The molecule has 8 nitrogen and oxygen atoms in total. The van der Waals surface area contributed by atoms with E-state index in [-0.39, 0.29) is 19.1 Å². The van der Waals surface area contributed by atoms with Gasteiger partial charge in [-0.05, 0) is 37.7 Å². The summed E-state index contributed by atoms with van der Waals surface area (Å²) in [5.41, 5.74) is 1.29. The van der Waals surface area contributed by atoms with Crippen LogP contribution in [-0.2, 0) is 15.8 Å². The van der Waals surface area contributed by atoms with Gasteiger partial charge >= 0.3 is 12.7 Å². The Kier molecular flexibility index (Phi) is 12.0. The molecular formula is C23H33N4O4PS2. The molecule has 1 unspecified atom stereocenters. The maximum Gasteiger partial charge on any atom is 0.421 e. The third-order valence-electron chi connectivity index (χ3n) is 4.28. The van der Waals surface area contributed by atoms with Crippen molar-refractivity contribution in [2.75, 3.05) is 33.0 Å².